The Morgan fingerprint density at radius 1 is 1.17 bits per heavy atom. The average molecular weight is 394 g/mol. The lowest BCUT2D eigenvalue weighted by Gasteiger charge is -2.22. The van der Waals surface area contributed by atoms with Gasteiger partial charge < -0.3 is 9.64 Å². The number of nitrogens with zero attached hydrogens (tertiary/aromatic N) is 3. The summed E-state index contributed by atoms with van der Waals surface area (Å²) in [5.41, 5.74) is 4.28. The van der Waals surface area contributed by atoms with Crippen LogP contribution in [0.5, 0.6) is 5.75 Å². The first-order chi connectivity index (χ1) is 14.1. The molecule has 1 aliphatic heterocycles. The van der Waals surface area contributed by atoms with Gasteiger partial charge in [0, 0.05) is 31.2 Å². The molecule has 1 amide bonds. The lowest BCUT2D eigenvalue weighted by molar-refractivity contribution is 0.209. The minimum atomic E-state index is -0.407. The molecule has 0 spiro atoms. The number of aliphatic imine (C=N–C) groups is 1. The van der Waals surface area contributed by atoms with Gasteiger partial charge in [0.2, 0.25) is 0 Å². The smallest absolute Gasteiger partial charge is 0.410 e. The molecule has 2 aromatic carbocycles. The van der Waals surface area contributed by atoms with E-state index in [4.69, 9.17) is 4.74 Å². The number of carbonyl (C=O) groups is 1. The van der Waals surface area contributed by atoms with Crippen LogP contribution in [0.25, 0.3) is 0 Å². The van der Waals surface area contributed by atoms with Gasteiger partial charge in [0.15, 0.2) is 0 Å². The number of allylic oxidation sites excluding steroid dienone is 1. The number of para-hydroxylation sites is 1. The molecular weight excluding hydrogens is 362 g/mol. The number of benzene rings is 2. The van der Waals surface area contributed by atoms with E-state index in [0.717, 1.165) is 36.6 Å². The van der Waals surface area contributed by atoms with Gasteiger partial charge in [-0.25, -0.2) is 4.79 Å². The summed E-state index contributed by atoms with van der Waals surface area (Å²) in [6.45, 7) is 9.64. The Morgan fingerprint density at radius 2 is 1.90 bits per heavy atom. The minimum Gasteiger partial charge on any atom is -0.410 e. The predicted molar refractivity (Wildman–Crippen MR) is 122 cm³/mol. The zero-order valence-corrected chi connectivity index (χ0v) is 18.1. The Balaban J connectivity index is 0.00000145. The number of fused-ring (bicyclic) bond motifs is 1. The van der Waals surface area contributed by atoms with E-state index >= 15 is 0 Å². The summed E-state index contributed by atoms with van der Waals surface area (Å²) in [7, 11) is 1.73. The van der Waals surface area contributed by atoms with Gasteiger partial charge in [-0.2, -0.15) is 0 Å². The van der Waals surface area contributed by atoms with E-state index in [2.05, 4.69) is 22.0 Å². The maximum Gasteiger partial charge on any atom is 0.419 e. The van der Waals surface area contributed by atoms with Crippen molar-refractivity contribution >= 4 is 23.7 Å². The van der Waals surface area contributed by atoms with Crippen molar-refractivity contribution < 1.29 is 9.53 Å². The van der Waals surface area contributed by atoms with Gasteiger partial charge in [-0.15, -0.1) is 0 Å². The van der Waals surface area contributed by atoms with Crippen LogP contribution in [-0.4, -0.2) is 32.4 Å². The third-order valence-corrected chi connectivity index (χ3v) is 4.65. The molecule has 0 radical (unpaired) electrons. The quantitative estimate of drug-likeness (QED) is 0.612. The Hall–Kier alpha value is -3.08. The molecule has 0 aliphatic carbocycles. The number of hydrogen-bond acceptors (Lipinski definition) is 4. The molecule has 0 saturated heterocycles. The Morgan fingerprint density at radius 3 is 2.55 bits per heavy atom. The molecule has 0 fully saturated rings. The fourth-order valence-corrected chi connectivity index (χ4v) is 3.14. The van der Waals surface area contributed by atoms with Crippen LogP contribution in [0.4, 0.5) is 16.2 Å². The molecule has 2 aromatic rings. The van der Waals surface area contributed by atoms with Gasteiger partial charge in [0.25, 0.3) is 0 Å². The van der Waals surface area contributed by atoms with Crippen molar-refractivity contribution in [3.05, 3.63) is 65.9 Å². The SMILES string of the molecule is CC.CC=N/C(=C\C)CN1CCc2ccc(N(C)C(=O)Oc3ccccc3)cc21. The summed E-state index contributed by atoms with van der Waals surface area (Å²) in [5, 5.41) is 0. The third-order valence-electron chi connectivity index (χ3n) is 4.65. The molecule has 0 unspecified atom stereocenters. The first-order valence-corrected chi connectivity index (χ1v) is 10.1. The van der Waals surface area contributed by atoms with Crippen LogP contribution in [0.3, 0.4) is 0 Å². The van der Waals surface area contributed by atoms with E-state index in [1.807, 2.05) is 64.3 Å². The van der Waals surface area contributed by atoms with Crippen LogP contribution in [-0.2, 0) is 6.42 Å². The lowest BCUT2D eigenvalue weighted by atomic mass is 10.1. The number of ether oxygens (including phenoxy) is 1. The van der Waals surface area contributed by atoms with E-state index in [1.165, 1.54) is 10.5 Å². The van der Waals surface area contributed by atoms with E-state index in [-0.39, 0.29) is 0 Å². The summed E-state index contributed by atoms with van der Waals surface area (Å²) >= 11 is 0. The van der Waals surface area contributed by atoms with E-state index in [1.54, 1.807) is 19.2 Å². The van der Waals surface area contributed by atoms with Crippen molar-refractivity contribution in [3.63, 3.8) is 0 Å². The minimum absolute atomic E-state index is 0.407. The van der Waals surface area contributed by atoms with Gasteiger partial charge in [-0.05, 0) is 50.1 Å². The molecule has 0 atom stereocenters. The molecule has 1 aliphatic rings. The molecule has 0 aromatic heterocycles. The van der Waals surface area contributed by atoms with Gasteiger partial charge in [0.1, 0.15) is 5.75 Å². The zero-order valence-electron chi connectivity index (χ0n) is 18.1. The number of carbonyl (C=O) groups excluding carboxylic acids is 1. The van der Waals surface area contributed by atoms with Crippen LogP contribution < -0.4 is 14.5 Å². The van der Waals surface area contributed by atoms with E-state index in [0.29, 0.717) is 5.75 Å². The van der Waals surface area contributed by atoms with Crippen LogP contribution in [0.1, 0.15) is 33.3 Å². The molecule has 29 heavy (non-hydrogen) atoms. The Bertz CT molecular complexity index is 860. The molecule has 154 valence electrons. The van der Waals surface area contributed by atoms with E-state index < -0.39 is 6.09 Å². The second-order valence-corrected chi connectivity index (χ2v) is 6.39. The van der Waals surface area contributed by atoms with Crippen LogP contribution >= 0.6 is 0 Å². The topological polar surface area (TPSA) is 45.1 Å². The van der Waals surface area contributed by atoms with Gasteiger partial charge >= 0.3 is 6.09 Å². The summed E-state index contributed by atoms with van der Waals surface area (Å²) < 4.78 is 5.44. The van der Waals surface area contributed by atoms with Crippen LogP contribution in [0.2, 0.25) is 0 Å². The largest absolute Gasteiger partial charge is 0.419 e. The van der Waals surface area contributed by atoms with Gasteiger partial charge in [-0.1, -0.05) is 44.2 Å². The molecule has 0 bridgehead atoms. The molecular formula is C24H31N3O2. The second-order valence-electron chi connectivity index (χ2n) is 6.39. The highest BCUT2D eigenvalue weighted by atomic mass is 16.6. The Labute approximate surface area is 174 Å². The third kappa shape index (κ3) is 5.70. The molecule has 1 heterocycles. The van der Waals surface area contributed by atoms with Crippen molar-refractivity contribution in [2.24, 2.45) is 4.99 Å². The van der Waals surface area contributed by atoms with Crippen molar-refractivity contribution in [3.8, 4) is 5.75 Å². The number of hydrogen-bond donors (Lipinski definition) is 0. The highest BCUT2D eigenvalue weighted by Crippen LogP contribution is 2.32. The zero-order chi connectivity index (χ0) is 21.2. The molecule has 0 N–H and O–H groups in total. The highest BCUT2D eigenvalue weighted by Gasteiger charge is 2.22. The summed E-state index contributed by atoms with van der Waals surface area (Å²) in [5.74, 6) is 0.535. The Kier molecular flexibility index (Phi) is 8.46. The maximum absolute atomic E-state index is 12.5. The first-order valence-electron chi connectivity index (χ1n) is 10.1. The first kappa shape index (κ1) is 22.2. The summed E-state index contributed by atoms with van der Waals surface area (Å²) in [4.78, 5) is 20.7. The van der Waals surface area contributed by atoms with Gasteiger partial charge in [0.05, 0.1) is 12.2 Å². The van der Waals surface area contributed by atoms with Crippen molar-refractivity contribution in [1.82, 2.24) is 0 Å². The normalized spacial score (nSPS) is 13.0. The van der Waals surface area contributed by atoms with E-state index in [9.17, 15) is 4.79 Å². The summed E-state index contributed by atoms with van der Waals surface area (Å²) in [6.07, 6.45) is 4.44. The summed E-state index contributed by atoms with van der Waals surface area (Å²) in [6, 6.07) is 15.2. The fourth-order valence-electron chi connectivity index (χ4n) is 3.14. The molecule has 5 nitrogen and oxygen atoms in total. The lowest BCUT2D eigenvalue weighted by Crippen LogP contribution is -2.29. The number of amides is 1. The van der Waals surface area contributed by atoms with Crippen LogP contribution in [0, 0.1) is 0 Å². The van der Waals surface area contributed by atoms with Gasteiger partial charge in [-0.3, -0.25) is 9.89 Å². The number of rotatable bonds is 5. The fraction of sp³-hybridized carbons (Fsp3) is 0.333. The number of anilines is 2. The molecule has 5 heteroatoms. The standard InChI is InChI=1S/C22H25N3O2.C2H6/c1-4-18(23-5-2)16-25-14-13-17-11-12-19(15-21(17)25)24(3)22(26)27-20-9-7-6-8-10-20;1-2/h4-12,15H,13-14,16H2,1-3H3;1-2H3/b18-4-,23-5?;. The monoisotopic (exact) mass is 393 g/mol. The van der Waals surface area contributed by atoms with Crippen molar-refractivity contribution in [2.75, 3.05) is 29.9 Å². The average Bonchev–Trinajstić information content (AvgIpc) is 3.17. The second kappa shape index (κ2) is 11.1. The van der Waals surface area contributed by atoms with Crippen molar-refractivity contribution in [2.45, 2.75) is 34.1 Å². The van der Waals surface area contributed by atoms with Crippen molar-refractivity contribution in [1.29, 1.82) is 0 Å². The molecule has 0 saturated carbocycles. The highest BCUT2D eigenvalue weighted by molar-refractivity contribution is 5.89. The molecule has 3 rings (SSSR count). The maximum atomic E-state index is 12.5. The predicted octanol–water partition coefficient (Wildman–Crippen LogP) is 5.71. The van der Waals surface area contributed by atoms with Crippen LogP contribution in [0.15, 0.2) is 65.3 Å².